The molecule has 5 aliphatic carbocycles. The lowest BCUT2D eigenvalue weighted by atomic mass is 9.33. The molecule has 0 spiro atoms. The normalized spacial score (nSPS) is 36.4. The lowest BCUT2D eigenvalue weighted by Gasteiger charge is -2.72. The van der Waals surface area contributed by atoms with E-state index in [0.717, 1.165) is 62.5 Å². The Kier molecular flexibility index (Phi) is 10.7. The molecule has 0 bridgehead atoms. The Labute approximate surface area is 324 Å². The number of fused-ring (bicyclic) bond motifs is 7. The molecule has 0 unspecified atom stereocenters. The van der Waals surface area contributed by atoms with Gasteiger partial charge in [0.05, 0.1) is 18.3 Å². The van der Waals surface area contributed by atoms with Crippen molar-refractivity contribution in [2.75, 3.05) is 13.6 Å². The Morgan fingerprint density at radius 2 is 1.57 bits per heavy atom. The van der Waals surface area contributed by atoms with Crippen molar-refractivity contribution in [2.24, 2.45) is 56.2 Å². The third-order valence-corrected chi connectivity index (χ3v) is 16.3. The Hall–Kier alpha value is -3.00. The molecule has 0 aliphatic heterocycles. The highest BCUT2D eigenvalue weighted by Crippen LogP contribution is 2.77. The second kappa shape index (κ2) is 14.2. The molecule has 0 heterocycles. The van der Waals surface area contributed by atoms with Crippen molar-refractivity contribution in [3.8, 4) is 0 Å². The molecule has 4 fully saturated rings. The number of rotatable bonds is 11. The number of carbonyl (C=O) groups is 4. The first kappa shape index (κ1) is 40.7. The van der Waals surface area contributed by atoms with E-state index in [1.54, 1.807) is 13.8 Å². The third kappa shape index (κ3) is 6.38. The number of ketones is 1. The first-order valence-corrected chi connectivity index (χ1v) is 20.8. The monoisotopic (exact) mass is 745 g/mol. The summed E-state index contributed by atoms with van der Waals surface area (Å²) in [6, 6.07) is 9.74. The molecular formula is C46H67NO7. The van der Waals surface area contributed by atoms with Gasteiger partial charge in [0, 0.05) is 23.8 Å². The number of allylic oxidation sites excluding steroid dienone is 1. The molecule has 1 aromatic rings. The summed E-state index contributed by atoms with van der Waals surface area (Å²) >= 11 is 0. The maximum atomic E-state index is 14.3. The minimum atomic E-state index is -1.17. The fourth-order valence-electron chi connectivity index (χ4n) is 13.4. The lowest BCUT2D eigenvalue weighted by molar-refractivity contribution is -0.235. The van der Waals surface area contributed by atoms with Gasteiger partial charge in [0.25, 0.3) is 0 Å². The van der Waals surface area contributed by atoms with Crippen molar-refractivity contribution in [3.63, 3.8) is 0 Å². The zero-order valence-corrected chi connectivity index (χ0v) is 34.7. The Balaban J connectivity index is 1.30. The molecule has 0 amide bonds. The third-order valence-electron chi connectivity index (χ3n) is 16.3. The first-order valence-electron chi connectivity index (χ1n) is 20.8. The number of benzene rings is 1. The highest BCUT2D eigenvalue weighted by molar-refractivity contribution is 6.01. The van der Waals surface area contributed by atoms with Gasteiger partial charge in [-0.25, -0.2) is 0 Å². The number of hydrogen-bond acceptors (Lipinski definition) is 7. The number of likely N-dealkylation sites (N-methyl/N-ethyl adjacent to an activating group) is 1. The van der Waals surface area contributed by atoms with Crippen LogP contribution in [0.4, 0.5) is 0 Å². The highest BCUT2D eigenvalue weighted by Gasteiger charge is 2.71. The van der Waals surface area contributed by atoms with Crippen molar-refractivity contribution in [1.82, 2.24) is 5.32 Å². The van der Waals surface area contributed by atoms with Gasteiger partial charge in [-0.15, -0.1) is 0 Å². The van der Waals surface area contributed by atoms with Crippen LogP contribution in [0, 0.1) is 56.2 Å². The van der Waals surface area contributed by atoms with Gasteiger partial charge in [-0.2, -0.15) is 0 Å². The molecule has 8 heteroatoms. The predicted molar refractivity (Wildman–Crippen MR) is 209 cm³/mol. The van der Waals surface area contributed by atoms with Crippen LogP contribution in [0.5, 0.6) is 0 Å². The summed E-state index contributed by atoms with van der Waals surface area (Å²) in [6.07, 6.45) is 7.50. The van der Waals surface area contributed by atoms with Gasteiger partial charge < -0.3 is 19.9 Å². The van der Waals surface area contributed by atoms with Crippen LogP contribution in [0.15, 0.2) is 41.5 Å². The van der Waals surface area contributed by atoms with Crippen LogP contribution in [0.2, 0.25) is 0 Å². The zero-order valence-electron chi connectivity index (χ0n) is 34.7. The van der Waals surface area contributed by atoms with E-state index in [2.05, 4.69) is 53.8 Å². The lowest BCUT2D eigenvalue weighted by Crippen LogP contribution is -2.66. The average molecular weight is 746 g/mol. The molecule has 298 valence electrons. The summed E-state index contributed by atoms with van der Waals surface area (Å²) in [6.45, 7) is 20.1. The number of nitrogens with one attached hydrogen (secondary N) is 1. The quantitative estimate of drug-likeness (QED) is 0.216. The molecule has 1 aromatic carbocycles. The molecular weight excluding hydrogens is 679 g/mol. The second-order valence-electron chi connectivity index (χ2n) is 20.3. The fraction of sp³-hybridized carbons (Fsp3) is 0.739. The van der Waals surface area contributed by atoms with Crippen LogP contribution >= 0.6 is 0 Å². The second-order valence-corrected chi connectivity index (χ2v) is 20.3. The van der Waals surface area contributed by atoms with E-state index >= 15 is 0 Å². The molecule has 8 nitrogen and oxygen atoms in total. The number of aliphatic carboxylic acids is 1. The summed E-state index contributed by atoms with van der Waals surface area (Å²) in [5, 5.41) is 13.0. The van der Waals surface area contributed by atoms with Crippen molar-refractivity contribution in [1.29, 1.82) is 0 Å². The molecule has 4 saturated carbocycles. The van der Waals surface area contributed by atoms with Crippen LogP contribution in [-0.2, 0) is 35.1 Å². The van der Waals surface area contributed by atoms with Crippen molar-refractivity contribution in [2.45, 2.75) is 145 Å². The Morgan fingerprint density at radius 1 is 0.889 bits per heavy atom. The van der Waals surface area contributed by atoms with E-state index in [1.807, 2.05) is 37.4 Å². The first-order chi connectivity index (χ1) is 25.2. The Bertz CT molecular complexity index is 1680. The summed E-state index contributed by atoms with van der Waals surface area (Å²) in [5.41, 5.74) is 1.31. The van der Waals surface area contributed by atoms with Gasteiger partial charge in [0.1, 0.15) is 12.2 Å². The molecule has 9 atom stereocenters. The number of esters is 2. The van der Waals surface area contributed by atoms with Crippen LogP contribution in [0.1, 0.15) is 132 Å². The molecule has 0 saturated heterocycles. The topological polar surface area (TPSA) is 119 Å². The van der Waals surface area contributed by atoms with Crippen molar-refractivity contribution >= 4 is 23.7 Å². The number of carboxylic acid groups (broad SMARTS) is 1. The highest BCUT2D eigenvalue weighted by atomic mass is 16.5. The average Bonchev–Trinajstić information content (AvgIpc) is 3.39. The molecule has 0 radical (unpaired) electrons. The van der Waals surface area contributed by atoms with E-state index in [0.29, 0.717) is 24.8 Å². The van der Waals surface area contributed by atoms with Gasteiger partial charge in [-0.05, 0) is 129 Å². The van der Waals surface area contributed by atoms with Crippen LogP contribution in [0.3, 0.4) is 0 Å². The van der Waals surface area contributed by atoms with E-state index in [9.17, 15) is 24.3 Å². The number of carbonyl (C=O) groups excluding carboxylic acids is 3. The van der Waals surface area contributed by atoms with Gasteiger partial charge in [0.2, 0.25) is 0 Å². The van der Waals surface area contributed by atoms with Gasteiger partial charge in [0.15, 0.2) is 5.78 Å². The molecule has 54 heavy (non-hydrogen) atoms. The Morgan fingerprint density at radius 3 is 2.20 bits per heavy atom. The maximum Gasteiger partial charge on any atom is 0.310 e. The largest absolute Gasteiger partial charge is 0.481 e. The van der Waals surface area contributed by atoms with Crippen molar-refractivity contribution < 1.29 is 33.8 Å². The summed E-state index contributed by atoms with van der Waals surface area (Å²) < 4.78 is 12.7. The number of hydrogen-bond donors (Lipinski definition) is 2. The van der Waals surface area contributed by atoms with E-state index in [4.69, 9.17) is 9.47 Å². The van der Waals surface area contributed by atoms with Crippen LogP contribution in [0.25, 0.3) is 0 Å². The maximum absolute atomic E-state index is 14.3. The van der Waals surface area contributed by atoms with Crippen molar-refractivity contribution in [3.05, 3.63) is 47.0 Å². The van der Waals surface area contributed by atoms with E-state index in [1.165, 1.54) is 5.57 Å². The predicted octanol–water partition coefficient (Wildman–Crippen LogP) is 8.75. The molecule has 2 N–H and O–H groups in total. The van der Waals surface area contributed by atoms with Crippen LogP contribution < -0.4 is 5.32 Å². The number of carboxylic acids is 1. The minimum Gasteiger partial charge on any atom is -0.481 e. The van der Waals surface area contributed by atoms with Gasteiger partial charge in [-0.1, -0.05) is 78.8 Å². The standard InChI is InChI=1S/C46H67NO7/c1-28(2)38-31(48)25-46(35(27-47-10)54-36(49)24-29-14-12-11-13-15-29)23-22-44(8)30(39(38)46)16-17-33-43(7)20-19-34(53-37(50)26-41(3,4)40(51)52)42(5,6)32(43)18-21-45(33,44)9/h11-15,28,30,32-35,47H,16-27H2,1-10H3,(H,51,52)/t30-,32+,33-,34+,35+,43+,44-,45-,46+/m1/s1. The number of ether oxygens (including phenoxy) is 2. The smallest absolute Gasteiger partial charge is 0.310 e. The molecule has 5 aliphatic rings. The fourth-order valence-corrected chi connectivity index (χ4v) is 13.4. The van der Waals surface area contributed by atoms with Gasteiger partial charge >= 0.3 is 17.9 Å². The summed E-state index contributed by atoms with van der Waals surface area (Å²) in [7, 11) is 1.91. The van der Waals surface area contributed by atoms with Crippen LogP contribution in [-0.4, -0.2) is 54.6 Å². The zero-order chi connectivity index (χ0) is 39.6. The van der Waals surface area contributed by atoms with E-state index < -0.39 is 28.9 Å². The summed E-state index contributed by atoms with van der Waals surface area (Å²) in [4.78, 5) is 52.8. The molecule has 6 rings (SSSR count). The summed E-state index contributed by atoms with van der Waals surface area (Å²) in [5.74, 6) is -0.295. The van der Waals surface area contributed by atoms with Gasteiger partial charge in [-0.3, -0.25) is 19.2 Å². The minimum absolute atomic E-state index is 0.0294. The number of Topliss-reactive ketones (excluding diaryl/α,β-unsaturated/α-hetero) is 1. The molecule has 0 aromatic heterocycles. The van der Waals surface area contributed by atoms with E-state index in [-0.39, 0.29) is 64.2 Å². The SMILES string of the molecule is CNC[C@H](OC(=O)Cc1ccccc1)[C@@]12CC[C@]3(C)[C@H](CC[C@@H]4[C@@]5(C)CC[C@H](OC(=O)CC(C)(C)C(=O)O)C(C)(C)[C@@H]5CC[C@]43C)C1=C(C(C)C)C(=O)C2.